The van der Waals surface area contributed by atoms with Gasteiger partial charge in [0.05, 0.1) is 11.6 Å². The number of fused-ring (bicyclic) bond motifs is 4. The summed E-state index contributed by atoms with van der Waals surface area (Å²) in [7, 11) is 0. The summed E-state index contributed by atoms with van der Waals surface area (Å²) >= 11 is 0. The fraction of sp³-hybridized carbons (Fsp3) is 0.417. The lowest BCUT2D eigenvalue weighted by Crippen LogP contribution is -2.39. The number of anilines is 1. The van der Waals surface area contributed by atoms with Crippen LogP contribution in [0, 0.1) is 11.3 Å². The van der Waals surface area contributed by atoms with Crippen LogP contribution in [0.5, 0.6) is 11.5 Å². The van der Waals surface area contributed by atoms with Crippen LogP contribution in [0.3, 0.4) is 0 Å². The Balaban J connectivity index is 1.77. The van der Waals surface area contributed by atoms with Crippen LogP contribution < -0.4 is 24.8 Å². The molecule has 0 saturated carbocycles. The average molecular weight is 372 g/mol. The van der Waals surface area contributed by atoms with E-state index in [1.165, 1.54) is 35.0 Å². The summed E-state index contributed by atoms with van der Waals surface area (Å²) in [5.41, 5.74) is 5.64. The Bertz CT molecular complexity index is 1140. The van der Waals surface area contributed by atoms with Crippen molar-refractivity contribution in [1.82, 2.24) is 4.58 Å². The largest absolute Gasteiger partial charge is 0.456 e. The fourth-order valence-corrected chi connectivity index (χ4v) is 4.98. The normalized spacial score (nSPS) is 17.1. The highest BCUT2D eigenvalue weighted by molar-refractivity contribution is 5.85. The molecule has 0 unspecified atom stereocenters. The van der Waals surface area contributed by atoms with Crippen molar-refractivity contribution < 1.29 is 4.74 Å². The summed E-state index contributed by atoms with van der Waals surface area (Å²) in [6, 6.07) is 11.2. The number of hydrogen-bond acceptors (Lipinski definition) is 3. The van der Waals surface area contributed by atoms with Gasteiger partial charge in [-0.1, -0.05) is 0 Å². The van der Waals surface area contributed by atoms with Gasteiger partial charge in [0.1, 0.15) is 30.7 Å². The first kappa shape index (κ1) is 17.3. The fourth-order valence-electron chi connectivity index (χ4n) is 4.98. The average Bonchev–Trinajstić information content (AvgIpc) is 2.73. The third-order valence-corrected chi connectivity index (χ3v) is 6.43. The first-order valence-electron chi connectivity index (χ1n) is 10.5. The van der Waals surface area contributed by atoms with Gasteiger partial charge in [-0.3, -0.25) is 0 Å². The van der Waals surface area contributed by atoms with E-state index in [4.69, 9.17) is 4.74 Å². The highest BCUT2D eigenvalue weighted by Crippen LogP contribution is 2.39. The molecular formula is C24H26N3O+. The predicted octanol–water partition coefficient (Wildman–Crippen LogP) is 2.74. The maximum absolute atomic E-state index is 10.0. The summed E-state index contributed by atoms with van der Waals surface area (Å²) in [6.45, 7) is 8.57. The van der Waals surface area contributed by atoms with Gasteiger partial charge < -0.3 is 9.64 Å². The van der Waals surface area contributed by atoms with Gasteiger partial charge in [-0.15, -0.1) is 0 Å². The molecule has 28 heavy (non-hydrogen) atoms. The molecule has 5 rings (SSSR count). The molecule has 0 N–H and O–H groups in total. The Morgan fingerprint density at radius 2 is 1.93 bits per heavy atom. The molecule has 142 valence electrons. The Labute approximate surface area is 166 Å². The van der Waals surface area contributed by atoms with Crippen LogP contribution in [0.4, 0.5) is 5.69 Å². The van der Waals surface area contributed by atoms with Gasteiger partial charge in [-0.05, 0) is 50.8 Å². The van der Waals surface area contributed by atoms with Gasteiger partial charge in [0.2, 0.25) is 5.36 Å². The van der Waals surface area contributed by atoms with Crippen LogP contribution in [0.15, 0.2) is 24.3 Å². The molecule has 3 aliphatic rings. The molecule has 0 fully saturated rings. The van der Waals surface area contributed by atoms with Crippen molar-refractivity contribution >= 4 is 11.3 Å². The third-order valence-electron chi connectivity index (χ3n) is 6.43. The number of nitriles is 1. The summed E-state index contributed by atoms with van der Waals surface area (Å²) in [5.74, 6) is 1.64. The van der Waals surface area contributed by atoms with Crippen molar-refractivity contribution in [3.63, 3.8) is 0 Å². The minimum absolute atomic E-state index is 0.754. The Kier molecular flexibility index (Phi) is 4.12. The Morgan fingerprint density at radius 1 is 1.07 bits per heavy atom. The van der Waals surface area contributed by atoms with Crippen LogP contribution in [0.25, 0.3) is 5.57 Å². The number of ether oxygens (including phenoxy) is 1. The molecule has 2 aromatic rings. The molecule has 4 heteroatoms. The van der Waals surface area contributed by atoms with Gasteiger partial charge in [0.15, 0.2) is 0 Å². The van der Waals surface area contributed by atoms with E-state index in [1.54, 1.807) is 0 Å². The van der Waals surface area contributed by atoms with Crippen LogP contribution >= 0.6 is 0 Å². The molecule has 0 amide bonds. The van der Waals surface area contributed by atoms with E-state index in [1.807, 2.05) is 0 Å². The first-order chi connectivity index (χ1) is 13.7. The number of hydrogen-bond donors (Lipinski definition) is 0. The van der Waals surface area contributed by atoms with Crippen molar-refractivity contribution in [2.75, 3.05) is 31.1 Å². The highest BCUT2D eigenvalue weighted by Gasteiger charge is 2.26. The van der Waals surface area contributed by atoms with Crippen molar-refractivity contribution in [2.24, 2.45) is 0 Å². The monoisotopic (exact) mass is 372 g/mol. The first-order valence-corrected chi connectivity index (χ1v) is 10.5. The zero-order valence-corrected chi connectivity index (χ0v) is 16.7. The van der Waals surface area contributed by atoms with Gasteiger partial charge in [-0.25, -0.2) is 4.58 Å². The predicted molar refractivity (Wildman–Crippen MR) is 112 cm³/mol. The van der Waals surface area contributed by atoms with E-state index >= 15 is 0 Å². The zero-order valence-electron chi connectivity index (χ0n) is 16.7. The Hall–Kier alpha value is -2.80. The number of benzene rings is 2. The molecule has 4 nitrogen and oxygen atoms in total. The lowest BCUT2D eigenvalue weighted by molar-refractivity contribution is 0.465. The van der Waals surface area contributed by atoms with Crippen molar-refractivity contribution in [3.8, 4) is 17.6 Å². The molecule has 0 atom stereocenters. The molecule has 3 aliphatic heterocycles. The lowest BCUT2D eigenvalue weighted by Gasteiger charge is -2.32. The van der Waals surface area contributed by atoms with Crippen LogP contribution in [0.2, 0.25) is 0 Å². The summed E-state index contributed by atoms with van der Waals surface area (Å²) < 4.78 is 8.81. The van der Waals surface area contributed by atoms with Crippen molar-refractivity contribution in [2.45, 2.75) is 39.5 Å². The summed E-state index contributed by atoms with van der Waals surface area (Å²) in [6.07, 6.45) is 4.47. The minimum Gasteiger partial charge on any atom is -0.456 e. The molecule has 0 aromatic heterocycles. The second-order valence-electron chi connectivity index (χ2n) is 7.91. The van der Waals surface area contributed by atoms with Gasteiger partial charge in [0.25, 0.3) is 0 Å². The molecule has 0 bridgehead atoms. The minimum atomic E-state index is 0.754. The maximum atomic E-state index is 10.0. The van der Waals surface area contributed by atoms with E-state index < -0.39 is 0 Å². The quantitative estimate of drug-likeness (QED) is 0.761. The van der Waals surface area contributed by atoms with Gasteiger partial charge in [0, 0.05) is 47.6 Å². The molecule has 3 heterocycles. The van der Waals surface area contributed by atoms with E-state index in [0.29, 0.717) is 0 Å². The molecular weight excluding hydrogens is 346 g/mol. The van der Waals surface area contributed by atoms with Gasteiger partial charge >= 0.3 is 0 Å². The molecule has 0 saturated heterocycles. The van der Waals surface area contributed by atoms with Crippen LogP contribution in [-0.4, -0.2) is 26.2 Å². The highest BCUT2D eigenvalue weighted by atomic mass is 16.5. The van der Waals surface area contributed by atoms with E-state index in [-0.39, 0.29) is 0 Å². The topological polar surface area (TPSA) is 39.3 Å². The summed E-state index contributed by atoms with van der Waals surface area (Å²) in [4.78, 5) is 2.41. The maximum Gasteiger partial charge on any atom is 0.206 e. The zero-order chi connectivity index (χ0) is 19.3. The van der Waals surface area contributed by atoms with Crippen LogP contribution in [0.1, 0.15) is 43.4 Å². The summed E-state index contributed by atoms with van der Waals surface area (Å²) in [5, 5.41) is 12.2. The number of aryl methyl sites for hydroxylation is 2. The standard InChI is InChI=1S/C24H26N3O/c1-3-26-9-5-7-16-11-18-20(15-25)19-12-17-8-6-10-27(4-2)22(17)14-24(19)28-23(18)13-21(16)26/h11-14H,3-10H2,1-2H3/q+1. The van der Waals surface area contributed by atoms with E-state index in [2.05, 4.69) is 53.7 Å². The molecule has 0 aliphatic carbocycles. The smallest absolute Gasteiger partial charge is 0.206 e. The SMILES string of the molecule is CCN1CCCc2cc3c(cc21)Oc1cc2c(cc1=C3C#N)CCC[N+]=2CC. The third kappa shape index (κ3) is 2.53. The van der Waals surface area contributed by atoms with Crippen LogP contribution in [-0.2, 0) is 12.8 Å². The second kappa shape index (κ2) is 6.67. The number of rotatable bonds is 2. The van der Waals surface area contributed by atoms with Gasteiger partial charge in [-0.2, -0.15) is 5.26 Å². The number of nitrogens with zero attached hydrogens (tertiary/aromatic N) is 3. The Morgan fingerprint density at radius 3 is 2.71 bits per heavy atom. The van der Waals surface area contributed by atoms with Crippen molar-refractivity contribution in [1.29, 1.82) is 5.26 Å². The second-order valence-corrected chi connectivity index (χ2v) is 7.91. The lowest BCUT2D eigenvalue weighted by atomic mass is 9.92. The molecule has 0 spiro atoms. The van der Waals surface area contributed by atoms with E-state index in [9.17, 15) is 5.26 Å². The van der Waals surface area contributed by atoms with E-state index in [0.717, 1.165) is 66.9 Å². The molecule has 2 aromatic carbocycles. The molecule has 0 radical (unpaired) electrons. The van der Waals surface area contributed by atoms with Crippen molar-refractivity contribution in [3.05, 3.63) is 51.5 Å².